The summed E-state index contributed by atoms with van der Waals surface area (Å²) < 4.78 is 0. The van der Waals surface area contributed by atoms with Gasteiger partial charge in [0.15, 0.2) is 5.78 Å². The van der Waals surface area contributed by atoms with Crippen LogP contribution >= 0.6 is 0 Å². The summed E-state index contributed by atoms with van der Waals surface area (Å²) in [5, 5.41) is 3.44. The Bertz CT molecular complexity index is 525. The molecule has 0 atom stereocenters. The molecule has 118 valence electrons. The number of carbonyl (C=O) groups is 2. The molecule has 1 aromatic carbocycles. The van der Waals surface area contributed by atoms with Crippen molar-refractivity contribution in [2.24, 2.45) is 5.41 Å². The van der Waals surface area contributed by atoms with Crippen LogP contribution in [-0.2, 0) is 4.79 Å². The van der Waals surface area contributed by atoms with Crippen molar-refractivity contribution < 1.29 is 9.59 Å². The fourth-order valence-corrected chi connectivity index (χ4v) is 3.60. The van der Waals surface area contributed by atoms with E-state index < -0.39 is 0 Å². The number of likely N-dealkylation sites (tertiary alicyclic amines) is 1. The fraction of sp³-hybridized carbons (Fsp3) is 0.556. The Balaban J connectivity index is 1.46. The number of hydrogen-bond donors (Lipinski definition) is 1. The zero-order chi connectivity index (χ0) is 15.4. The third-order valence-electron chi connectivity index (χ3n) is 5.17. The highest BCUT2D eigenvalue weighted by molar-refractivity contribution is 5.97. The van der Waals surface area contributed by atoms with Crippen LogP contribution in [-0.4, -0.2) is 42.8 Å². The van der Waals surface area contributed by atoms with Crippen molar-refractivity contribution in [2.45, 2.75) is 32.1 Å². The first-order valence-corrected chi connectivity index (χ1v) is 8.25. The predicted octanol–water partition coefficient (Wildman–Crippen LogP) is 2.25. The van der Waals surface area contributed by atoms with Crippen LogP contribution in [0.25, 0.3) is 0 Å². The number of carbonyl (C=O) groups excluding carboxylic acids is 2. The van der Waals surface area contributed by atoms with Crippen LogP contribution in [0.1, 0.15) is 42.5 Å². The van der Waals surface area contributed by atoms with Crippen LogP contribution < -0.4 is 5.32 Å². The highest BCUT2D eigenvalue weighted by atomic mass is 16.2. The molecule has 22 heavy (non-hydrogen) atoms. The first kappa shape index (κ1) is 15.2. The van der Waals surface area contributed by atoms with Gasteiger partial charge in [-0.1, -0.05) is 30.3 Å². The van der Waals surface area contributed by atoms with E-state index in [1.54, 1.807) is 0 Å². The molecule has 1 amide bonds. The second kappa shape index (κ2) is 6.61. The number of hydrogen-bond acceptors (Lipinski definition) is 3. The van der Waals surface area contributed by atoms with Gasteiger partial charge < -0.3 is 10.2 Å². The van der Waals surface area contributed by atoms with Gasteiger partial charge in [0, 0.05) is 38.0 Å². The molecule has 1 spiro atoms. The van der Waals surface area contributed by atoms with Crippen LogP contribution in [0.2, 0.25) is 0 Å². The SMILES string of the molecule is O=C(CCC(=O)N1CCC2(CCNC2)CC1)c1ccccc1. The zero-order valence-corrected chi connectivity index (χ0v) is 13.0. The average Bonchev–Trinajstić information content (AvgIpc) is 3.02. The standard InChI is InChI=1S/C18H24N2O2/c21-16(15-4-2-1-3-5-15)6-7-17(22)20-12-9-18(10-13-20)8-11-19-14-18/h1-5,19H,6-14H2. The van der Waals surface area contributed by atoms with Crippen molar-refractivity contribution in [3.63, 3.8) is 0 Å². The van der Waals surface area contributed by atoms with E-state index in [4.69, 9.17) is 0 Å². The van der Waals surface area contributed by atoms with Crippen molar-refractivity contribution in [1.82, 2.24) is 10.2 Å². The second-order valence-electron chi connectivity index (χ2n) is 6.60. The number of rotatable bonds is 4. The topological polar surface area (TPSA) is 49.4 Å². The molecular weight excluding hydrogens is 276 g/mol. The van der Waals surface area contributed by atoms with Gasteiger partial charge in [0.1, 0.15) is 0 Å². The highest BCUT2D eigenvalue weighted by Gasteiger charge is 2.37. The lowest BCUT2D eigenvalue weighted by Gasteiger charge is -2.38. The van der Waals surface area contributed by atoms with Crippen molar-refractivity contribution in [3.05, 3.63) is 35.9 Å². The number of nitrogens with zero attached hydrogens (tertiary/aromatic N) is 1. The average molecular weight is 300 g/mol. The van der Waals surface area contributed by atoms with Crippen LogP contribution in [0.5, 0.6) is 0 Å². The molecule has 2 aliphatic heterocycles. The minimum atomic E-state index is 0.0578. The minimum Gasteiger partial charge on any atom is -0.343 e. The van der Waals surface area contributed by atoms with Gasteiger partial charge in [0.25, 0.3) is 0 Å². The maximum atomic E-state index is 12.3. The zero-order valence-electron chi connectivity index (χ0n) is 13.0. The summed E-state index contributed by atoms with van der Waals surface area (Å²) in [6.45, 7) is 3.90. The summed E-state index contributed by atoms with van der Waals surface area (Å²) in [7, 11) is 0. The van der Waals surface area contributed by atoms with Gasteiger partial charge in [-0.2, -0.15) is 0 Å². The third kappa shape index (κ3) is 3.38. The van der Waals surface area contributed by atoms with E-state index in [0.29, 0.717) is 23.8 Å². The molecule has 3 rings (SSSR count). The fourth-order valence-electron chi connectivity index (χ4n) is 3.60. The Labute approximate surface area is 131 Å². The maximum Gasteiger partial charge on any atom is 0.223 e. The largest absolute Gasteiger partial charge is 0.343 e. The van der Waals surface area contributed by atoms with Gasteiger partial charge in [-0.3, -0.25) is 9.59 Å². The molecule has 2 heterocycles. The predicted molar refractivity (Wildman–Crippen MR) is 85.7 cm³/mol. The first-order valence-electron chi connectivity index (χ1n) is 8.25. The number of piperidine rings is 1. The molecule has 2 saturated heterocycles. The summed E-state index contributed by atoms with van der Waals surface area (Å²) >= 11 is 0. The van der Waals surface area contributed by atoms with Crippen LogP contribution in [0.3, 0.4) is 0 Å². The van der Waals surface area contributed by atoms with E-state index >= 15 is 0 Å². The summed E-state index contributed by atoms with van der Waals surface area (Å²) in [6.07, 6.45) is 4.07. The Hall–Kier alpha value is -1.68. The molecule has 0 radical (unpaired) electrons. The van der Waals surface area contributed by atoms with Crippen molar-refractivity contribution >= 4 is 11.7 Å². The van der Waals surface area contributed by atoms with Crippen molar-refractivity contribution in [1.29, 1.82) is 0 Å². The molecular formula is C18H24N2O2. The summed E-state index contributed by atoms with van der Waals surface area (Å²) in [6, 6.07) is 9.22. The van der Waals surface area contributed by atoms with Gasteiger partial charge in [-0.05, 0) is 31.2 Å². The van der Waals surface area contributed by atoms with Crippen LogP contribution in [0.4, 0.5) is 0 Å². The normalized spacial score (nSPS) is 20.3. The molecule has 4 heteroatoms. The number of benzene rings is 1. The molecule has 0 bridgehead atoms. The molecule has 0 aliphatic carbocycles. The minimum absolute atomic E-state index is 0.0578. The maximum absolute atomic E-state index is 12.3. The smallest absolute Gasteiger partial charge is 0.223 e. The monoisotopic (exact) mass is 300 g/mol. The summed E-state index contributed by atoms with van der Waals surface area (Å²) in [4.78, 5) is 26.3. The van der Waals surface area contributed by atoms with E-state index in [1.165, 1.54) is 6.42 Å². The first-order chi connectivity index (χ1) is 10.7. The number of amides is 1. The van der Waals surface area contributed by atoms with Gasteiger partial charge in [-0.25, -0.2) is 0 Å². The van der Waals surface area contributed by atoms with Crippen LogP contribution in [0.15, 0.2) is 30.3 Å². The van der Waals surface area contributed by atoms with E-state index in [0.717, 1.165) is 39.0 Å². The summed E-state index contributed by atoms with van der Waals surface area (Å²) in [5.74, 6) is 0.188. The van der Waals surface area contributed by atoms with Gasteiger partial charge in [0.05, 0.1) is 0 Å². The molecule has 2 aliphatic rings. The van der Waals surface area contributed by atoms with E-state index in [2.05, 4.69) is 5.32 Å². The Morgan fingerprint density at radius 1 is 1.05 bits per heavy atom. The van der Waals surface area contributed by atoms with Crippen molar-refractivity contribution in [3.8, 4) is 0 Å². The highest BCUT2D eigenvalue weighted by Crippen LogP contribution is 2.37. The molecule has 0 aromatic heterocycles. The molecule has 0 saturated carbocycles. The van der Waals surface area contributed by atoms with Gasteiger partial charge >= 0.3 is 0 Å². The Kier molecular flexibility index (Phi) is 4.57. The van der Waals surface area contributed by atoms with E-state index in [1.807, 2.05) is 35.2 Å². The quantitative estimate of drug-likeness (QED) is 0.868. The number of nitrogens with one attached hydrogen (secondary N) is 1. The summed E-state index contributed by atoms with van der Waals surface area (Å²) in [5.41, 5.74) is 1.13. The lowest BCUT2D eigenvalue weighted by atomic mass is 9.78. The lowest BCUT2D eigenvalue weighted by molar-refractivity contribution is -0.133. The molecule has 0 unspecified atom stereocenters. The Morgan fingerprint density at radius 2 is 1.77 bits per heavy atom. The van der Waals surface area contributed by atoms with Gasteiger partial charge in [-0.15, -0.1) is 0 Å². The second-order valence-corrected chi connectivity index (χ2v) is 6.60. The number of ketones is 1. The molecule has 2 fully saturated rings. The molecule has 4 nitrogen and oxygen atoms in total. The Morgan fingerprint density at radius 3 is 2.41 bits per heavy atom. The van der Waals surface area contributed by atoms with Gasteiger partial charge in [0.2, 0.25) is 5.91 Å². The van der Waals surface area contributed by atoms with Crippen molar-refractivity contribution in [2.75, 3.05) is 26.2 Å². The third-order valence-corrected chi connectivity index (χ3v) is 5.17. The van der Waals surface area contributed by atoms with E-state index in [9.17, 15) is 9.59 Å². The molecule has 1 N–H and O–H groups in total. The molecule has 1 aromatic rings. The van der Waals surface area contributed by atoms with Crippen LogP contribution in [0, 0.1) is 5.41 Å². The number of Topliss-reactive ketones (excluding diaryl/α,β-unsaturated/α-hetero) is 1. The lowest BCUT2D eigenvalue weighted by Crippen LogP contribution is -2.44. The van der Waals surface area contributed by atoms with E-state index in [-0.39, 0.29) is 11.7 Å².